The van der Waals surface area contributed by atoms with Crippen molar-refractivity contribution in [3.63, 3.8) is 0 Å². The molecule has 1 atom stereocenters. The van der Waals surface area contributed by atoms with Gasteiger partial charge in [-0.1, -0.05) is 30.3 Å². The molecule has 1 aliphatic rings. The number of nitrogen functional groups attached to an aromatic ring is 1. The number of para-hydroxylation sites is 1. The number of amides is 1. The van der Waals surface area contributed by atoms with E-state index in [4.69, 9.17) is 10.5 Å². The summed E-state index contributed by atoms with van der Waals surface area (Å²) in [5, 5.41) is 9.58. The van der Waals surface area contributed by atoms with Gasteiger partial charge in [-0.2, -0.15) is 5.10 Å². The molecule has 1 amide bonds. The fourth-order valence-electron chi connectivity index (χ4n) is 3.00. The Hall–Kier alpha value is -2.99. The van der Waals surface area contributed by atoms with Crippen molar-refractivity contribution in [1.29, 1.82) is 0 Å². The van der Waals surface area contributed by atoms with Crippen molar-refractivity contribution in [2.24, 2.45) is 5.92 Å². The van der Waals surface area contributed by atoms with Crippen LogP contribution in [0.4, 0.5) is 11.5 Å². The molecule has 0 aliphatic carbocycles. The molecule has 0 radical (unpaired) electrons. The SMILES string of the molecule is Cl.Nc1[nH]ncc1-c1ccc(NC(=O)C2COc3ccccc3C2)cc1. The zero-order valence-electron chi connectivity index (χ0n) is 13.9. The Balaban J connectivity index is 0.00000196. The highest BCUT2D eigenvalue weighted by molar-refractivity contribution is 5.93. The van der Waals surface area contributed by atoms with E-state index in [-0.39, 0.29) is 24.2 Å². The lowest BCUT2D eigenvalue weighted by molar-refractivity contribution is -0.121. The summed E-state index contributed by atoms with van der Waals surface area (Å²) in [6, 6.07) is 15.4. The molecule has 1 unspecified atom stereocenters. The van der Waals surface area contributed by atoms with Crippen molar-refractivity contribution in [3.8, 4) is 16.9 Å². The van der Waals surface area contributed by atoms with E-state index in [1.54, 1.807) is 6.20 Å². The van der Waals surface area contributed by atoms with Crippen molar-refractivity contribution in [2.75, 3.05) is 17.7 Å². The highest BCUT2D eigenvalue weighted by atomic mass is 35.5. The zero-order valence-corrected chi connectivity index (χ0v) is 14.8. The van der Waals surface area contributed by atoms with Crippen LogP contribution in [0, 0.1) is 5.92 Å². The molecule has 1 aliphatic heterocycles. The van der Waals surface area contributed by atoms with Crippen molar-refractivity contribution in [2.45, 2.75) is 6.42 Å². The van der Waals surface area contributed by atoms with E-state index in [1.165, 1.54) is 0 Å². The summed E-state index contributed by atoms with van der Waals surface area (Å²) in [6.07, 6.45) is 2.37. The number of nitrogens with one attached hydrogen (secondary N) is 2. The van der Waals surface area contributed by atoms with Gasteiger partial charge in [0.25, 0.3) is 0 Å². The molecule has 134 valence electrons. The molecule has 3 aromatic rings. The maximum atomic E-state index is 12.5. The van der Waals surface area contributed by atoms with Crippen LogP contribution in [0.3, 0.4) is 0 Å². The van der Waals surface area contributed by atoms with E-state index in [9.17, 15) is 4.79 Å². The van der Waals surface area contributed by atoms with Gasteiger partial charge in [0.05, 0.1) is 12.1 Å². The first kappa shape index (κ1) is 17.8. The second-order valence-corrected chi connectivity index (χ2v) is 6.08. The number of hydrogen-bond acceptors (Lipinski definition) is 4. The second-order valence-electron chi connectivity index (χ2n) is 6.08. The predicted octanol–water partition coefficient (Wildman–Crippen LogP) is 3.27. The van der Waals surface area contributed by atoms with Crippen LogP contribution in [-0.4, -0.2) is 22.7 Å². The van der Waals surface area contributed by atoms with Crippen molar-refractivity contribution in [1.82, 2.24) is 10.2 Å². The van der Waals surface area contributed by atoms with Gasteiger partial charge in [-0.3, -0.25) is 9.89 Å². The monoisotopic (exact) mass is 370 g/mol. The standard InChI is InChI=1S/C19H18N4O2.ClH/c20-18-16(10-21-23-18)12-5-7-15(8-6-12)22-19(24)14-9-13-3-1-2-4-17(13)25-11-14;/h1-8,10,14H,9,11H2,(H,22,24)(H3,20,21,23);1H. The van der Waals surface area contributed by atoms with Crippen LogP contribution in [-0.2, 0) is 11.2 Å². The van der Waals surface area contributed by atoms with E-state index in [1.807, 2.05) is 48.5 Å². The van der Waals surface area contributed by atoms with Gasteiger partial charge in [0.15, 0.2) is 0 Å². The van der Waals surface area contributed by atoms with Crippen LogP contribution in [0.25, 0.3) is 11.1 Å². The van der Waals surface area contributed by atoms with E-state index in [0.29, 0.717) is 18.8 Å². The number of H-pyrrole nitrogens is 1. The average molecular weight is 371 g/mol. The zero-order chi connectivity index (χ0) is 17.2. The fourth-order valence-corrected chi connectivity index (χ4v) is 3.00. The summed E-state index contributed by atoms with van der Waals surface area (Å²) >= 11 is 0. The normalized spacial score (nSPS) is 15.3. The Morgan fingerprint density at radius 2 is 1.96 bits per heavy atom. The largest absolute Gasteiger partial charge is 0.492 e. The number of ether oxygens (including phenoxy) is 1. The summed E-state index contributed by atoms with van der Waals surface area (Å²) < 4.78 is 5.69. The first-order valence-electron chi connectivity index (χ1n) is 8.11. The van der Waals surface area contributed by atoms with Crippen LogP contribution in [0.1, 0.15) is 5.56 Å². The molecule has 0 bridgehead atoms. The first-order valence-corrected chi connectivity index (χ1v) is 8.11. The maximum Gasteiger partial charge on any atom is 0.231 e. The Bertz CT molecular complexity index is 908. The lowest BCUT2D eigenvalue weighted by Gasteiger charge is -2.24. The van der Waals surface area contributed by atoms with E-state index < -0.39 is 0 Å². The number of nitrogens with zero attached hydrogens (tertiary/aromatic N) is 1. The molecule has 0 saturated carbocycles. The second kappa shape index (κ2) is 7.49. The lowest BCUT2D eigenvalue weighted by atomic mass is 9.96. The third-order valence-corrected chi connectivity index (χ3v) is 4.38. The third-order valence-electron chi connectivity index (χ3n) is 4.38. The minimum atomic E-state index is -0.195. The Morgan fingerprint density at radius 3 is 2.69 bits per heavy atom. The topological polar surface area (TPSA) is 93.0 Å². The van der Waals surface area contributed by atoms with Gasteiger partial charge in [0, 0.05) is 11.3 Å². The van der Waals surface area contributed by atoms with E-state index in [2.05, 4.69) is 15.5 Å². The van der Waals surface area contributed by atoms with Gasteiger partial charge in [-0.15, -0.1) is 12.4 Å². The number of benzene rings is 2. The quantitative estimate of drug-likeness (QED) is 0.659. The number of carbonyl (C=O) groups is 1. The van der Waals surface area contributed by atoms with Crippen LogP contribution in [0.5, 0.6) is 5.75 Å². The van der Waals surface area contributed by atoms with E-state index in [0.717, 1.165) is 28.1 Å². The molecule has 1 aromatic heterocycles. The third kappa shape index (κ3) is 3.50. The van der Waals surface area contributed by atoms with Crippen molar-refractivity contribution < 1.29 is 9.53 Å². The number of carbonyl (C=O) groups excluding carboxylic acids is 1. The summed E-state index contributed by atoms with van der Waals surface area (Å²) in [5.41, 5.74) is 9.43. The van der Waals surface area contributed by atoms with Gasteiger partial charge in [0.2, 0.25) is 5.91 Å². The average Bonchev–Trinajstić information content (AvgIpc) is 3.08. The molecule has 0 spiro atoms. The minimum absolute atomic E-state index is 0. The molecule has 4 rings (SSSR count). The predicted molar refractivity (Wildman–Crippen MR) is 103 cm³/mol. The number of aromatic nitrogens is 2. The van der Waals surface area contributed by atoms with Crippen LogP contribution in [0.2, 0.25) is 0 Å². The van der Waals surface area contributed by atoms with Crippen LogP contribution < -0.4 is 15.8 Å². The molecular formula is C19H19ClN4O2. The van der Waals surface area contributed by atoms with Crippen molar-refractivity contribution in [3.05, 3.63) is 60.3 Å². The number of rotatable bonds is 3. The Labute approximate surface area is 157 Å². The minimum Gasteiger partial charge on any atom is -0.492 e. The molecule has 26 heavy (non-hydrogen) atoms. The van der Waals surface area contributed by atoms with Crippen LogP contribution in [0.15, 0.2) is 54.7 Å². The number of hydrogen-bond donors (Lipinski definition) is 3. The summed E-state index contributed by atoms with van der Waals surface area (Å²) in [6.45, 7) is 0.395. The highest BCUT2D eigenvalue weighted by Crippen LogP contribution is 2.28. The summed E-state index contributed by atoms with van der Waals surface area (Å²) in [5.74, 6) is 1.16. The number of fused-ring (bicyclic) bond motifs is 1. The Morgan fingerprint density at radius 1 is 1.19 bits per heavy atom. The molecule has 6 nitrogen and oxygen atoms in total. The fraction of sp³-hybridized carbons (Fsp3) is 0.158. The maximum absolute atomic E-state index is 12.5. The molecule has 2 aromatic carbocycles. The van der Waals surface area contributed by atoms with Gasteiger partial charge >= 0.3 is 0 Å². The Kier molecular flexibility index (Phi) is 5.14. The van der Waals surface area contributed by atoms with Crippen LogP contribution >= 0.6 is 12.4 Å². The molecule has 4 N–H and O–H groups in total. The number of halogens is 1. The molecule has 0 saturated heterocycles. The molecule has 2 heterocycles. The summed E-state index contributed by atoms with van der Waals surface area (Å²) in [7, 11) is 0. The molecule has 7 heteroatoms. The van der Waals surface area contributed by atoms with Gasteiger partial charge in [-0.25, -0.2) is 0 Å². The number of anilines is 2. The summed E-state index contributed by atoms with van der Waals surface area (Å²) in [4.78, 5) is 12.5. The molecule has 0 fully saturated rings. The lowest BCUT2D eigenvalue weighted by Crippen LogP contribution is -2.32. The number of aromatic amines is 1. The number of nitrogens with two attached hydrogens (primary N) is 1. The van der Waals surface area contributed by atoms with Crippen molar-refractivity contribution >= 4 is 29.8 Å². The van der Waals surface area contributed by atoms with Gasteiger partial charge < -0.3 is 15.8 Å². The first-order chi connectivity index (χ1) is 12.2. The van der Waals surface area contributed by atoms with Gasteiger partial charge in [-0.05, 0) is 35.7 Å². The smallest absolute Gasteiger partial charge is 0.231 e. The van der Waals surface area contributed by atoms with Gasteiger partial charge in [0.1, 0.15) is 18.2 Å². The van der Waals surface area contributed by atoms with E-state index >= 15 is 0 Å². The molecular weight excluding hydrogens is 352 g/mol. The highest BCUT2D eigenvalue weighted by Gasteiger charge is 2.25.